The Hall–Kier alpha value is -3.16. The number of pyridine rings is 1. The van der Waals surface area contributed by atoms with Crippen LogP contribution in [0.2, 0.25) is 0 Å². The van der Waals surface area contributed by atoms with Crippen LogP contribution in [0.5, 0.6) is 0 Å². The van der Waals surface area contributed by atoms with Crippen molar-refractivity contribution in [2.24, 2.45) is 0 Å². The van der Waals surface area contributed by atoms with E-state index < -0.39 is 5.97 Å². The third-order valence-electron chi connectivity index (χ3n) is 3.66. The fourth-order valence-electron chi connectivity index (χ4n) is 2.47. The number of amides is 1. The quantitative estimate of drug-likeness (QED) is 0.692. The molecule has 0 aliphatic heterocycles. The number of nitrogens with one attached hydrogen (secondary N) is 1. The van der Waals surface area contributed by atoms with Crippen molar-refractivity contribution in [3.63, 3.8) is 0 Å². The molecule has 0 aliphatic carbocycles. The van der Waals surface area contributed by atoms with Crippen molar-refractivity contribution in [2.45, 2.75) is 26.8 Å². The average molecular weight is 341 g/mol. The Morgan fingerprint density at radius 3 is 2.80 bits per heavy atom. The van der Waals surface area contributed by atoms with Crippen LogP contribution in [0.4, 0.5) is 5.69 Å². The molecule has 0 fully saturated rings. The molecule has 0 bridgehead atoms. The lowest BCUT2D eigenvalue weighted by Crippen LogP contribution is -2.15. The van der Waals surface area contributed by atoms with E-state index in [-0.39, 0.29) is 18.9 Å². The van der Waals surface area contributed by atoms with E-state index in [1.54, 1.807) is 34.5 Å². The third-order valence-corrected chi connectivity index (χ3v) is 3.66. The number of aryl methyl sites for hydroxylation is 1. The molecule has 8 nitrogen and oxygen atoms in total. The van der Waals surface area contributed by atoms with Gasteiger partial charge in [-0.2, -0.15) is 10.2 Å². The average Bonchev–Trinajstić information content (AvgIpc) is 3.21. The van der Waals surface area contributed by atoms with Crippen LogP contribution in [-0.4, -0.2) is 37.9 Å². The second-order valence-electron chi connectivity index (χ2n) is 5.41. The van der Waals surface area contributed by atoms with E-state index >= 15 is 0 Å². The molecule has 0 aliphatic rings. The van der Waals surface area contributed by atoms with E-state index in [0.29, 0.717) is 22.5 Å². The van der Waals surface area contributed by atoms with Crippen molar-refractivity contribution < 1.29 is 14.3 Å². The van der Waals surface area contributed by atoms with Crippen molar-refractivity contribution in [2.75, 3.05) is 11.9 Å². The van der Waals surface area contributed by atoms with Gasteiger partial charge in [-0.05, 0) is 32.0 Å². The number of rotatable bonds is 6. The van der Waals surface area contributed by atoms with Crippen LogP contribution >= 0.6 is 0 Å². The number of hydrogen-bond acceptors (Lipinski definition) is 5. The fraction of sp³-hybridized carbons (Fsp3) is 0.294. The lowest BCUT2D eigenvalue weighted by molar-refractivity contribution is -0.115. The third kappa shape index (κ3) is 3.68. The van der Waals surface area contributed by atoms with Gasteiger partial charge in [-0.15, -0.1) is 0 Å². The molecule has 1 N–H and O–H groups in total. The fourth-order valence-corrected chi connectivity index (χ4v) is 2.47. The number of aromatic nitrogens is 4. The molecular weight excluding hydrogens is 322 g/mol. The zero-order valence-electron chi connectivity index (χ0n) is 14.1. The van der Waals surface area contributed by atoms with E-state index in [4.69, 9.17) is 4.74 Å². The molecule has 3 rings (SSSR count). The van der Waals surface area contributed by atoms with Crippen molar-refractivity contribution in [1.29, 1.82) is 0 Å². The Kier molecular flexibility index (Phi) is 4.78. The van der Waals surface area contributed by atoms with Gasteiger partial charge < -0.3 is 10.1 Å². The molecule has 0 unspecified atom stereocenters. The van der Waals surface area contributed by atoms with E-state index in [2.05, 4.69) is 15.5 Å². The predicted octanol–water partition coefficient (Wildman–Crippen LogP) is 1.91. The molecule has 0 spiro atoms. The highest BCUT2D eigenvalue weighted by Gasteiger charge is 2.15. The minimum atomic E-state index is -0.439. The summed E-state index contributed by atoms with van der Waals surface area (Å²) in [6.07, 6.45) is 5.16. The molecule has 1 amide bonds. The molecular formula is C17H19N5O3. The van der Waals surface area contributed by atoms with Gasteiger partial charge in [0.15, 0.2) is 0 Å². The molecule has 0 saturated heterocycles. The number of esters is 1. The highest BCUT2D eigenvalue weighted by atomic mass is 16.5. The second kappa shape index (κ2) is 7.16. The number of nitrogens with zero attached hydrogens (tertiary/aromatic N) is 4. The maximum absolute atomic E-state index is 12.2. The van der Waals surface area contributed by atoms with Crippen molar-refractivity contribution >= 4 is 23.1 Å². The summed E-state index contributed by atoms with van der Waals surface area (Å²) < 4.78 is 8.35. The molecule has 8 heteroatoms. The molecule has 0 atom stereocenters. The van der Waals surface area contributed by atoms with Crippen LogP contribution in [0.1, 0.15) is 29.9 Å². The summed E-state index contributed by atoms with van der Waals surface area (Å²) in [5, 5.41) is 11.2. The first-order valence-corrected chi connectivity index (χ1v) is 8.07. The summed E-state index contributed by atoms with van der Waals surface area (Å²) >= 11 is 0. The number of ether oxygens (including phenoxy) is 1. The maximum atomic E-state index is 12.2. The summed E-state index contributed by atoms with van der Waals surface area (Å²) in [4.78, 5) is 24.2. The van der Waals surface area contributed by atoms with Crippen LogP contribution in [-0.2, 0) is 22.5 Å². The van der Waals surface area contributed by atoms with Gasteiger partial charge in [0.1, 0.15) is 5.56 Å². The Labute approximate surface area is 144 Å². The topological polar surface area (TPSA) is 90.5 Å². The number of anilines is 1. The molecule has 3 aromatic heterocycles. The Morgan fingerprint density at radius 1 is 1.24 bits per heavy atom. The van der Waals surface area contributed by atoms with E-state index in [0.717, 1.165) is 6.54 Å². The van der Waals surface area contributed by atoms with Gasteiger partial charge in [0, 0.05) is 24.6 Å². The van der Waals surface area contributed by atoms with Crippen molar-refractivity contribution in [3.8, 4) is 0 Å². The maximum Gasteiger partial charge on any atom is 0.341 e. The minimum Gasteiger partial charge on any atom is -0.462 e. The standard InChI is InChI=1S/C17H19N5O3/c1-3-21-7-5-13(20-21)10-16(23)19-12-6-8-22-15(9-12)14(11-18-22)17(24)25-4-2/h5-9,11H,3-4,10H2,1-2H3,(H,19,23). The summed E-state index contributed by atoms with van der Waals surface area (Å²) in [5.41, 5.74) is 2.22. The summed E-state index contributed by atoms with van der Waals surface area (Å²) in [6.45, 7) is 4.78. The molecule has 0 aromatic carbocycles. The van der Waals surface area contributed by atoms with Crippen LogP contribution in [0.3, 0.4) is 0 Å². The Balaban J connectivity index is 1.75. The lowest BCUT2D eigenvalue weighted by Gasteiger charge is -2.06. The summed E-state index contributed by atoms with van der Waals surface area (Å²) in [6, 6.07) is 5.24. The number of hydrogen-bond donors (Lipinski definition) is 1. The normalized spacial score (nSPS) is 10.8. The van der Waals surface area contributed by atoms with Crippen LogP contribution < -0.4 is 5.32 Å². The first kappa shape index (κ1) is 16.7. The first-order chi connectivity index (χ1) is 12.1. The summed E-state index contributed by atoms with van der Waals surface area (Å²) in [7, 11) is 0. The number of fused-ring (bicyclic) bond motifs is 1. The predicted molar refractivity (Wildman–Crippen MR) is 91.4 cm³/mol. The highest BCUT2D eigenvalue weighted by molar-refractivity contribution is 5.98. The zero-order chi connectivity index (χ0) is 17.8. The molecule has 0 radical (unpaired) electrons. The van der Waals surface area contributed by atoms with E-state index in [9.17, 15) is 9.59 Å². The monoisotopic (exact) mass is 341 g/mol. The summed E-state index contributed by atoms with van der Waals surface area (Å²) in [5.74, 6) is -0.617. The molecule has 3 heterocycles. The Bertz CT molecular complexity index is 912. The second-order valence-corrected chi connectivity index (χ2v) is 5.41. The van der Waals surface area contributed by atoms with Gasteiger partial charge in [-0.1, -0.05) is 0 Å². The lowest BCUT2D eigenvalue weighted by atomic mass is 10.2. The van der Waals surface area contributed by atoms with Crippen molar-refractivity contribution in [3.05, 3.63) is 48.0 Å². The van der Waals surface area contributed by atoms with Gasteiger partial charge in [-0.3, -0.25) is 9.48 Å². The molecule has 130 valence electrons. The smallest absolute Gasteiger partial charge is 0.341 e. The zero-order valence-corrected chi connectivity index (χ0v) is 14.1. The SMILES string of the molecule is CCOC(=O)c1cnn2ccc(NC(=O)Cc3ccn(CC)n3)cc12. The molecule has 0 saturated carbocycles. The number of carbonyl (C=O) groups is 2. The Morgan fingerprint density at radius 2 is 2.08 bits per heavy atom. The van der Waals surface area contributed by atoms with Crippen LogP contribution in [0, 0.1) is 0 Å². The van der Waals surface area contributed by atoms with Gasteiger partial charge >= 0.3 is 5.97 Å². The highest BCUT2D eigenvalue weighted by Crippen LogP contribution is 2.17. The van der Waals surface area contributed by atoms with Crippen LogP contribution in [0.25, 0.3) is 5.52 Å². The van der Waals surface area contributed by atoms with Gasteiger partial charge in [0.25, 0.3) is 0 Å². The van der Waals surface area contributed by atoms with E-state index in [1.807, 2.05) is 19.2 Å². The number of carbonyl (C=O) groups excluding carboxylic acids is 2. The van der Waals surface area contributed by atoms with Crippen LogP contribution in [0.15, 0.2) is 36.8 Å². The van der Waals surface area contributed by atoms with Gasteiger partial charge in [0.2, 0.25) is 5.91 Å². The molecule has 25 heavy (non-hydrogen) atoms. The van der Waals surface area contributed by atoms with E-state index in [1.165, 1.54) is 6.20 Å². The largest absolute Gasteiger partial charge is 0.462 e. The minimum absolute atomic E-state index is 0.178. The molecule has 3 aromatic rings. The first-order valence-electron chi connectivity index (χ1n) is 8.07. The van der Waals surface area contributed by atoms with Crippen molar-refractivity contribution in [1.82, 2.24) is 19.4 Å². The van der Waals surface area contributed by atoms with Gasteiger partial charge in [0.05, 0.1) is 30.4 Å². The van der Waals surface area contributed by atoms with Gasteiger partial charge in [-0.25, -0.2) is 9.31 Å².